The van der Waals surface area contributed by atoms with Crippen LogP contribution in [0.25, 0.3) is 0 Å². The second kappa shape index (κ2) is 10.7. The van der Waals surface area contributed by atoms with Crippen molar-refractivity contribution in [3.8, 4) is 0 Å². The van der Waals surface area contributed by atoms with Gasteiger partial charge in [-0.3, -0.25) is 14.4 Å². The molecule has 0 radical (unpaired) electrons. The largest absolute Gasteiger partial charge is 0.396 e. The van der Waals surface area contributed by atoms with Gasteiger partial charge in [-0.25, -0.2) is 0 Å². The number of unbranched alkanes of at least 4 members (excludes halogenated alkanes) is 2. The Kier molecular flexibility index (Phi) is 8.43. The molecule has 6 atom stereocenters. The number of aliphatic hydroxyl groups is 1. The number of aliphatic hydroxyl groups excluding tert-OH is 1. The van der Waals surface area contributed by atoms with Gasteiger partial charge < -0.3 is 25.4 Å². The quantitative estimate of drug-likeness (QED) is 0.361. The second-order valence-electron chi connectivity index (χ2n) is 10.1. The molecule has 0 saturated carbocycles. The predicted octanol–water partition coefficient (Wildman–Crippen LogP) is 2.13. The minimum absolute atomic E-state index is 0.00618. The molecule has 0 aromatic rings. The van der Waals surface area contributed by atoms with Crippen LogP contribution in [0.5, 0.6) is 0 Å². The summed E-state index contributed by atoms with van der Waals surface area (Å²) in [5, 5.41) is 15.2. The van der Waals surface area contributed by atoms with Gasteiger partial charge >= 0.3 is 0 Å². The summed E-state index contributed by atoms with van der Waals surface area (Å²) in [4.78, 5) is 42.4. The average molecular weight is 466 g/mol. The molecule has 8 heteroatoms. The molecule has 3 fully saturated rings. The van der Waals surface area contributed by atoms with Gasteiger partial charge in [0.1, 0.15) is 11.6 Å². The van der Waals surface area contributed by atoms with Crippen molar-refractivity contribution < 1.29 is 24.2 Å². The van der Waals surface area contributed by atoms with Gasteiger partial charge in [0.05, 0.1) is 17.4 Å². The van der Waals surface area contributed by atoms with Gasteiger partial charge in [0.15, 0.2) is 0 Å². The number of fused-ring (bicyclic) bond motifs is 1. The SMILES string of the molecule is CCCNC(=O)[C@@H]1[C@H]2C(=O)N(CCCCCO)C(C(=O)NC(C)CCC)C23CC[C@@]1(CC)O3. The molecule has 3 saturated heterocycles. The summed E-state index contributed by atoms with van der Waals surface area (Å²) in [6.45, 7) is 9.18. The third-order valence-electron chi connectivity index (χ3n) is 7.93. The highest BCUT2D eigenvalue weighted by Crippen LogP contribution is 2.64. The molecule has 2 bridgehead atoms. The molecule has 0 aliphatic carbocycles. The average Bonchev–Trinajstić information content (AvgIpc) is 3.39. The van der Waals surface area contributed by atoms with E-state index in [4.69, 9.17) is 9.84 Å². The fourth-order valence-electron chi connectivity index (χ4n) is 6.41. The standard InChI is InChI=1S/C25H43N3O5/c1-5-11-17(4)27-22(31)20-25-13-12-24(7-3,33-25)18(21(30)26-14-6-2)19(25)23(32)28(20)15-9-8-10-16-29/h17-20,29H,5-16H2,1-4H3,(H,26,30)(H,27,31)/t17?,18-,19-,20?,24+,25?/m0/s1. The van der Waals surface area contributed by atoms with Crippen molar-refractivity contribution in [1.82, 2.24) is 15.5 Å². The van der Waals surface area contributed by atoms with Gasteiger partial charge in [-0.2, -0.15) is 0 Å². The normalized spacial score (nSPS) is 33.3. The van der Waals surface area contributed by atoms with Gasteiger partial charge in [-0.05, 0) is 58.3 Å². The molecule has 3 amide bonds. The number of carbonyl (C=O) groups is 3. The first kappa shape index (κ1) is 25.9. The molecular formula is C25H43N3O5. The van der Waals surface area contributed by atoms with E-state index in [0.717, 1.165) is 25.7 Å². The van der Waals surface area contributed by atoms with Crippen LogP contribution in [0, 0.1) is 11.8 Å². The molecule has 0 aromatic carbocycles. The lowest BCUT2D eigenvalue weighted by Gasteiger charge is -2.34. The number of hydrogen-bond acceptors (Lipinski definition) is 5. The van der Waals surface area contributed by atoms with Crippen LogP contribution in [0.1, 0.15) is 85.5 Å². The molecule has 1 spiro atoms. The monoisotopic (exact) mass is 465 g/mol. The van der Waals surface area contributed by atoms with Crippen molar-refractivity contribution >= 4 is 17.7 Å². The summed E-state index contributed by atoms with van der Waals surface area (Å²) in [5.74, 6) is -1.62. The maximum Gasteiger partial charge on any atom is 0.246 e. The Bertz CT molecular complexity index is 731. The fraction of sp³-hybridized carbons (Fsp3) is 0.880. The van der Waals surface area contributed by atoms with Gasteiger partial charge in [-0.15, -0.1) is 0 Å². The van der Waals surface area contributed by atoms with Crippen molar-refractivity contribution in [2.45, 2.75) is 109 Å². The number of carbonyl (C=O) groups excluding carboxylic acids is 3. The molecule has 3 rings (SSSR count). The Labute approximate surface area is 198 Å². The van der Waals surface area contributed by atoms with E-state index in [-0.39, 0.29) is 30.4 Å². The number of nitrogens with one attached hydrogen (secondary N) is 2. The lowest BCUT2D eigenvalue weighted by atomic mass is 9.65. The Morgan fingerprint density at radius 1 is 1.15 bits per heavy atom. The van der Waals surface area contributed by atoms with Crippen LogP contribution >= 0.6 is 0 Å². The van der Waals surface area contributed by atoms with Crippen molar-refractivity contribution in [3.05, 3.63) is 0 Å². The van der Waals surface area contributed by atoms with Gasteiger partial charge in [0, 0.05) is 25.7 Å². The fourth-order valence-corrected chi connectivity index (χ4v) is 6.41. The summed E-state index contributed by atoms with van der Waals surface area (Å²) in [6.07, 6.45) is 6.72. The molecule has 3 unspecified atom stereocenters. The molecule has 33 heavy (non-hydrogen) atoms. The van der Waals surface area contributed by atoms with Gasteiger partial charge in [0.2, 0.25) is 17.7 Å². The Balaban J connectivity index is 1.95. The third-order valence-corrected chi connectivity index (χ3v) is 7.93. The molecule has 0 aromatic heterocycles. The molecule has 3 aliphatic rings. The lowest BCUT2D eigenvalue weighted by Crippen LogP contribution is -2.56. The van der Waals surface area contributed by atoms with E-state index in [9.17, 15) is 14.4 Å². The van der Waals surface area contributed by atoms with Crippen molar-refractivity contribution in [2.75, 3.05) is 19.7 Å². The summed E-state index contributed by atoms with van der Waals surface area (Å²) < 4.78 is 6.71. The number of nitrogens with zero attached hydrogens (tertiary/aromatic N) is 1. The van der Waals surface area contributed by atoms with Crippen LogP contribution in [0.3, 0.4) is 0 Å². The highest BCUT2D eigenvalue weighted by molar-refractivity contribution is 5.99. The van der Waals surface area contributed by atoms with Crippen LogP contribution in [0.2, 0.25) is 0 Å². The Hall–Kier alpha value is -1.67. The number of amides is 3. The number of hydrogen-bond donors (Lipinski definition) is 3. The number of rotatable bonds is 13. The smallest absolute Gasteiger partial charge is 0.246 e. The molecule has 188 valence electrons. The highest BCUT2D eigenvalue weighted by Gasteiger charge is 2.78. The van der Waals surface area contributed by atoms with E-state index < -0.39 is 29.1 Å². The molecular weight excluding hydrogens is 422 g/mol. The molecule has 3 aliphatic heterocycles. The summed E-state index contributed by atoms with van der Waals surface area (Å²) in [7, 11) is 0. The van der Waals surface area contributed by atoms with Gasteiger partial charge in [0.25, 0.3) is 0 Å². The van der Waals surface area contributed by atoms with E-state index in [2.05, 4.69) is 17.6 Å². The van der Waals surface area contributed by atoms with Crippen molar-refractivity contribution in [3.63, 3.8) is 0 Å². The van der Waals surface area contributed by atoms with Crippen LogP contribution in [-0.4, -0.2) is 70.7 Å². The van der Waals surface area contributed by atoms with Crippen molar-refractivity contribution in [2.24, 2.45) is 11.8 Å². The third kappa shape index (κ3) is 4.53. The highest BCUT2D eigenvalue weighted by atomic mass is 16.5. The lowest BCUT2D eigenvalue weighted by molar-refractivity contribution is -0.148. The van der Waals surface area contributed by atoms with E-state index in [1.54, 1.807) is 4.90 Å². The van der Waals surface area contributed by atoms with Crippen LogP contribution in [0.15, 0.2) is 0 Å². The minimum atomic E-state index is -0.950. The molecule has 3 heterocycles. The number of likely N-dealkylation sites (tertiary alicyclic amines) is 1. The zero-order chi connectivity index (χ0) is 24.2. The van der Waals surface area contributed by atoms with Crippen LogP contribution < -0.4 is 10.6 Å². The molecule has 3 N–H and O–H groups in total. The first-order valence-electron chi connectivity index (χ1n) is 13.0. The minimum Gasteiger partial charge on any atom is -0.396 e. The maximum absolute atomic E-state index is 13.8. The van der Waals surface area contributed by atoms with Crippen LogP contribution in [-0.2, 0) is 19.1 Å². The Morgan fingerprint density at radius 3 is 2.55 bits per heavy atom. The summed E-state index contributed by atoms with van der Waals surface area (Å²) >= 11 is 0. The topological polar surface area (TPSA) is 108 Å². The number of ether oxygens (including phenoxy) is 1. The zero-order valence-electron chi connectivity index (χ0n) is 20.8. The summed E-state index contributed by atoms with van der Waals surface area (Å²) in [6, 6.07) is -0.715. The van der Waals surface area contributed by atoms with Crippen LogP contribution in [0.4, 0.5) is 0 Å². The first-order valence-corrected chi connectivity index (χ1v) is 13.0. The van der Waals surface area contributed by atoms with E-state index in [1.165, 1.54) is 0 Å². The van der Waals surface area contributed by atoms with E-state index >= 15 is 0 Å². The Morgan fingerprint density at radius 2 is 1.91 bits per heavy atom. The zero-order valence-corrected chi connectivity index (χ0v) is 20.8. The predicted molar refractivity (Wildman–Crippen MR) is 125 cm³/mol. The second-order valence-corrected chi connectivity index (χ2v) is 10.1. The maximum atomic E-state index is 13.8. The first-order chi connectivity index (χ1) is 15.8. The summed E-state index contributed by atoms with van der Waals surface area (Å²) in [5.41, 5.74) is -1.64. The van der Waals surface area contributed by atoms with E-state index in [0.29, 0.717) is 45.2 Å². The van der Waals surface area contributed by atoms with Crippen molar-refractivity contribution in [1.29, 1.82) is 0 Å². The van der Waals surface area contributed by atoms with Gasteiger partial charge in [-0.1, -0.05) is 27.2 Å². The van der Waals surface area contributed by atoms with E-state index in [1.807, 2.05) is 20.8 Å². The molecule has 8 nitrogen and oxygen atoms in total.